The predicted molar refractivity (Wildman–Crippen MR) is 199 cm³/mol. The first kappa shape index (κ1) is 39.7. The van der Waals surface area contributed by atoms with E-state index in [1.165, 1.54) is 153 Å². The monoisotopic (exact) mass is 649 g/mol. The van der Waals surface area contributed by atoms with Crippen molar-refractivity contribution in [2.75, 3.05) is 0 Å². The number of isocyanates is 2. The summed E-state index contributed by atoms with van der Waals surface area (Å²) < 4.78 is 0. The van der Waals surface area contributed by atoms with Gasteiger partial charge in [0.15, 0.2) is 0 Å². The molecule has 0 N–H and O–H groups in total. The van der Waals surface area contributed by atoms with Gasteiger partial charge in [-0.3, -0.25) is 0 Å². The zero-order valence-corrected chi connectivity index (χ0v) is 30.8. The third-order valence-corrected chi connectivity index (χ3v) is 12.2. The van der Waals surface area contributed by atoms with E-state index in [4.69, 9.17) is 4.99 Å². The fraction of sp³-hybridized carbons (Fsp3) is 0.860. The second kappa shape index (κ2) is 24.4. The molecule has 1 spiro atoms. The first-order valence-corrected chi connectivity index (χ1v) is 20.7. The SMILES string of the molecule is CCCCCCCCCCC1C=CC2(CCCCCCCCC2N=C=O)C(/C2=C\CCCCCCCCC2N=C=O)C1CCCCC. The molecule has 4 heteroatoms. The Kier molecular flexibility index (Phi) is 20.6. The first-order chi connectivity index (χ1) is 23.2. The normalized spacial score (nSPS) is 30.7. The Morgan fingerprint density at radius 3 is 1.94 bits per heavy atom. The van der Waals surface area contributed by atoms with Gasteiger partial charge in [-0.15, -0.1) is 0 Å². The fourth-order valence-corrected chi connectivity index (χ4v) is 9.60. The lowest BCUT2D eigenvalue weighted by Crippen LogP contribution is -2.49. The number of carbonyl (C=O) groups excluding carboxylic acids is 2. The Bertz CT molecular complexity index is 990. The summed E-state index contributed by atoms with van der Waals surface area (Å²) in [6, 6.07) is -0.162. The van der Waals surface area contributed by atoms with E-state index in [0.29, 0.717) is 11.8 Å². The molecule has 3 aliphatic rings. The Hall–Kier alpha value is -1.76. The van der Waals surface area contributed by atoms with Gasteiger partial charge in [-0.25, -0.2) is 14.6 Å². The molecule has 6 unspecified atom stereocenters. The number of aliphatic imine (C=N–C) groups is 2. The van der Waals surface area contributed by atoms with Crippen molar-refractivity contribution < 1.29 is 9.59 Å². The second-order valence-electron chi connectivity index (χ2n) is 15.6. The molecule has 1 saturated carbocycles. The molecule has 0 aromatic heterocycles. The Labute approximate surface area is 290 Å². The molecule has 4 nitrogen and oxygen atoms in total. The van der Waals surface area contributed by atoms with Gasteiger partial charge in [0.1, 0.15) is 0 Å². The molecule has 6 atom stereocenters. The third kappa shape index (κ3) is 13.2. The van der Waals surface area contributed by atoms with Crippen molar-refractivity contribution in [3.8, 4) is 0 Å². The van der Waals surface area contributed by atoms with Crippen molar-refractivity contribution in [3.05, 3.63) is 23.8 Å². The topological polar surface area (TPSA) is 58.9 Å². The average Bonchev–Trinajstić information content (AvgIpc) is 3.13. The maximum absolute atomic E-state index is 12.2. The van der Waals surface area contributed by atoms with E-state index in [9.17, 15) is 9.59 Å². The third-order valence-electron chi connectivity index (χ3n) is 12.2. The molecular weight excluding hydrogens is 576 g/mol. The Morgan fingerprint density at radius 1 is 0.660 bits per heavy atom. The molecule has 0 heterocycles. The van der Waals surface area contributed by atoms with Crippen LogP contribution in [0.3, 0.4) is 0 Å². The van der Waals surface area contributed by atoms with E-state index in [1.54, 1.807) is 0 Å². The van der Waals surface area contributed by atoms with E-state index in [2.05, 4.69) is 43.1 Å². The van der Waals surface area contributed by atoms with Crippen molar-refractivity contribution in [3.63, 3.8) is 0 Å². The highest BCUT2D eigenvalue weighted by atomic mass is 16.1. The molecule has 0 aromatic rings. The van der Waals surface area contributed by atoms with Gasteiger partial charge < -0.3 is 0 Å². The van der Waals surface area contributed by atoms with Crippen LogP contribution in [0.5, 0.6) is 0 Å². The van der Waals surface area contributed by atoms with Gasteiger partial charge in [0.05, 0.1) is 12.1 Å². The number of hydrogen-bond donors (Lipinski definition) is 0. The summed E-state index contributed by atoms with van der Waals surface area (Å²) in [6.45, 7) is 4.61. The maximum Gasteiger partial charge on any atom is 0.235 e. The van der Waals surface area contributed by atoms with Crippen molar-refractivity contribution >= 4 is 12.2 Å². The molecule has 3 aliphatic carbocycles. The highest BCUT2D eigenvalue weighted by Gasteiger charge is 2.52. The van der Waals surface area contributed by atoms with Crippen LogP contribution in [-0.4, -0.2) is 24.2 Å². The van der Waals surface area contributed by atoms with Crippen molar-refractivity contribution in [2.24, 2.45) is 33.2 Å². The van der Waals surface area contributed by atoms with Crippen LogP contribution in [-0.2, 0) is 9.59 Å². The number of rotatable bonds is 16. The molecule has 266 valence electrons. The molecule has 0 saturated heterocycles. The van der Waals surface area contributed by atoms with E-state index in [0.717, 1.165) is 38.5 Å². The molecule has 0 amide bonds. The summed E-state index contributed by atoms with van der Waals surface area (Å²) in [6.07, 6.45) is 47.6. The smallest absolute Gasteiger partial charge is 0.211 e. The summed E-state index contributed by atoms with van der Waals surface area (Å²) in [5.74, 6) is 1.27. The van der Waals surface area contributed by atoms with Gasteiger partial charge in [0.2, 0.25) is 12.2 Å². The summed E-state index contributed by atoms with van der Waals surface area (Å²) in [7, 11) is 0. The largest absolute Gasteiger partial charge is 0.235 e. The van der Waals surface area contributed by atoms with Gasteiger partial charge in [-0.1, -0.05) is 173 Å². The zero-order chi connectivity index (χ0) is 33.4. The fourth-order valence-electron chi connectivity index (χ4n) is 9.60. The minimum Gasteiger partial charge on any atom is -0.211 e. The quantitative estimate of drug-likeness (QED) is 0.0723. The Morgan fingerprint density at radius 2 is 1.23 bits per heavy atom. The predicted octanol–water partition coefficient (Wildman–Crippen LogP) is 13.1. The minimum absolute atomic E-state index is 0.0583. The molecule has 0 radical (unpaired) electrons. The summed E-state index contributed by atoms with van der Waals surface area (Å²) in [5, 5.41) is 0. The lowest BCUT2D eigenvalue weighted by atomic mass is 9.52. The molecule has 0 aromatic carbocycles. The molecule has 47 heavy (non-hydrogen) atoms. The number of nitrogens with zero attached hydrogens (tertiary/aromatic N) is 2. The molecule has 1 fully saturated rings. The van der Waals surface area contributed by atoms with Crippen LogP contribution in [0.2, 0.25) is 0 Å². The zero-order valence-electron chi connectivity index (χ0n) is 30.8. The van der Waals surface area contributed by atoms with E-state index in [1.807, 2.05) is 6.08 Å². The van der Waals surface area contributed by atoms with E-state index >= 15 is 0 Å². The van der Waals surface area contributed by atoms with E-state index < -0.39 is 0 Å². The van der Waals surface area contributed by atoms with Crippen LogP contribution in [0.25, 0.3) is 0 Å². The number of allylic oxidation sites excluding steroid dienone is 2. The van der Waals surface area contributed by atoms with Gasteiger partial charge in [-0.2, -0.15) is 4.99 Å². The molecule has 0 bridgehead atoms. The van der Waals surface area contributed by atoms with Crippen molar-refractivity contribution in [2.45, 2.75) is 212 Å². The average molecular weight is 649 g/mol. The molecule has 0 aliphatic heterocycles. The van der Waals surface area contributed by atoms with Crippen LogP contribution in [0.4, 0.5) is 0 Å². The summed E-state index contributed by atoms with van der Waals surface area (Å²) >= 11 is 0. The van der Waals surface area contributed by atoms with Crippen molar-refractivity contribution in [1.29, 1.82) is 0 Å². The number of unbranched alkanes of at least 4 members (excludes halogenated alkanes) is 9. The van der Waals surface area contributed by atoms with Crippen LogP contribution in [0.15, 0.2) is 33.8 Å². The summed E-state index contributed by atoms with van der Waals surface area (Å²) in [4.78, 5) is 33.6. The Balaban J connectivity index is 2.09. The molecular formula is C43H72N2O2. The van der Waals surface area contributed by atoms with Crippen LogP contribution in [0.1, 0.15) is 200 Å². The lowest BCUT2D eigenvalue weighted by Gasteiger charge is -2.53. The van der Waals surface area contributed by atoms with Gasteiger partial charge in [-0.05, 0) is 68.3 Å². The first-order valence-electron chi connectivity index (χ1n) is 20.7. The maximum atomic E-state index is 12.2. The second-order valence-corrected chi connectivity index (χ2v) is 15.6. The van der Waals surface area contributed by atoms with Crippen LogP contribution < -0.4 is 0 Å². The van der Waals surface area contributed by atoms with Gasteiger partial charge in [0, 0.05) is 5.41 Å². The minimum atomic E-state index is -0.218. The highest BCUT2D eigenvalue weighted by Crippen LogP contribution is 2.57. The summed E-state index contributed by atoms with van der Waals surface area (Å²) in [5.41, 5.74) is 1.19. The number of hydrogen-bond acceptors (Lipinski definition) is 4. The lowest BCUT2D eigenvalue weighted by molar-refractivity contribution is 0.0726. The van der Waals surface area contributed by atoms with Crippen LogP contribution >= 0.6 is 0 Å². The van der Waals surface area contributed by atoms with Gasteiger partial charge in [0.25, 0.3) is 0 Å². The van der Waals surface area contributed by atoms with Gasteiger partial charge >= 0.3 is 0 Å². The van der Waals surface area contributed by atoms with Crippen LogP contribution in [0, 0.1) is 23.2 Å². The van der Waals surface area contributed by atoms with Crippen molar-refractivity contribution in [1.82, 2.24) is 0 Å². The standard InChI is InChI=1S/C43H72N2O2/c1-3-5-7-8-9-11-16-22-27-37-32-34-43(33-26-20-15-14-19-25-31-41(43)45-36-47)42(38(37)28-21-6-4-2)39-29-23-17-12-10-13-18-24-30-40(39)44-35-46/h29,32,34,37-38,40-42H,3-28,30-31,33H2,1-2H3/b39-29-. The highest BCUT2D eigenvalue weighted by molar-refractivity contribution is 5.39. The molecule has 3 rings (SSSR count). The van der Waals surface area contributed by atoms with E-state index in [-0.39, 0.29) is 23.4 Å².